The van der Waals surface area contributed by atoms with Crippen LogP contribution in [0, 0.1) is 0 Å². The van der Waals surface area contributed by atoms with Crippen LogP contribution in [0.3, 0.4) is 0 Å². The second-order valence-electron chi connectivity index (χ2n) is 7.48. The summed E-state index contributed by atoms with van der Waals surface area (Å²) in [6.45, 7) is 9.05. The number of halogens is 1. The topological polar surface area (TPSA) is 51.2 Å². The van der Waals surface area contributed by atoms with Crippen molar-refractivity contribution in [3.63, 3.8) is 0 Å². The Labute approximate surface area is 189 Å². The smallest absolute Gasteiger partial charge is 0.254 e. The molecular formula is C24H31ClN2O4. The highest BCUT2D eigenvalue weighted by Crippen LogP contribution is 2.37. The number of hydrogen-bond donors (Lipinski definition) is 0. The van der Waals surface area contributed by atoms with Gasteiger partial charge >= 0.3 is 0 Å². The van der Waals surface area contributed by atoms with E-state index in [1.165, 1.54) is 5.56 Å². The van der Waals surface area contributed by atoms with Gasteiger partial charge in [0.05, 0.1) is 25.3 Å². The molecule has 1 fully saturated rings. The van der Waals surface area contributed by atoms with Crippen molar-refractivity contribution in [3.05, 3.63) is 52.5 Å². The first-order chi connectivity index (χ1) is 15.0. The van der Waals surface area contributed by atoms with E-state index < -0.39 is 0 Å². The van der Waals surface area contributed by atoms with Crippen LogP contribution in [0.1, 0.15) is 36.2 Å². The summed E-state index contributed by atoms with van der Waals surface area (Å²) >= 11 is 6.38. The van der Waals surface area contributed by atoms with Crippen LogP contribution in [0.2, 0.25) is 5.02 Å². The van der Waals surface area contributed by atoms with Crippen molar-refractivity contribution in [2.45, 2.75) is 26.8 Å². The lowest BCUT2D eigenvalue weighted by atomic mass is 10.1. The Hall–Kier alpha value is -2.44. The van der Waals surface area contributed by atoms with Gasteiger partial charge in [-0.15, -0.1) is 0 Å². The molecule has 0 radical (unpaired) electrons. The Morgan fingerprint density at radius 2 is 1.74 bits per heavy atom. The van der Waals surface area contributed by atoms with Gasteiger partial charge in [0.1, 0.15) is 5.75 Å². The van der Waals surface area contributed by atoms with Gasteiger partial charge in [-0.2, -0.15) is 0 Å². The largest absolute Gasteiger partial charge is 0.494 e. The summed E-state index contributed by atoms with van der Waals surface area (Å²) in [7, 11) is 1.55. The molecule has 0 aliphatic carbocycles. The van der Waals surface area contributed by atoms with Crippen LogP contribution < -0.4 is 14.2 Å². The van der Waals surface area contributed by atoms with Crippen LogP contribution in [0.15, 0.2) is 36.4 Å². The lowest BCUT2D eigenvalue weighted by Gasteiger charge is -2.35. The van der Waals surface area contributed by atoms with Gasteiger partial charge in [-0.3, -0.25) is 9.69 Å². The number of rotatable bonds is 9. The Bertz CT molecular complexity index is 865. The van der Waals surface area contributed by atoms with Gasteiger partial charge in [0.15, 0.2) is 11.5 Å². The summed E-state index contributed by atoms with van der Waals surface area (Å²) in [5, 5.41) is 0.394. The van der Waals surface area contributed by atoms with Crippen molar-refractivity contribution in [2.24, 2.45) is 0 Å². The first-order valence-corrected chi connectivity index (χ1v) is 11.2. The maximum Gasteiger partial charge on any atom is 0.254 e. The molecule has 1 aliphatic heterocycles. The third-order valence-corrected chi connectivity index (χ3v) is 5.51. The minimum absolute atomic E-state index is 0.0389. The molecular weight excluding hydrogens is 416 g/mol. The van der Waals surface area contributed by atoms with Gasteiger partial charge < -0.3 is 19.1 Å². The molecule has 1 heterocycles. The molecule has 168 valence electrons. The van der Waals surface area contributed by atoms with Crippen LogP contribution in [0.4, 0.5) is 0 Å². The fourth-order valence-electron chi connectivity index (χ4n) is 3.60. The Balaban J connectivity index is 1.59. The third kappa shape index (κ3) is 6.05. The monoisotopic (exact) mass is 446 g/mol. The van der Waals surface area contributed by atoms with Gasteiger partial charge in [0, 0.05) is 38.3 Å². The average Bonchev–Trinajstić information content (AvgIpc) is 2.79. The minimum atomic E-state index is -0.0389. The lowest BCUT2D eigenvalue weighted by Crippen LogP contribution is -2.48. The Morgan fingerprint density at radius 1 is 1.03 bits per heavy atom. The number of carbonyl (C=O) groups excluding carboxylic acids is 1. The molecule has 7 heteroatoms. The number of carbonyl (C=O) groups is 1. The number of piperazine rings is 1. The van der Waals surface area contributed by atoms with Crippen molar-refractivity contribution < 1.29 is 19.0 Å². The van der Waals surface area contributed by atoms with Crippen molar-refractivity contribution in [1.29, 1.82) is 0 Å². The van der Waals surface area contributed by atoms with E-state index in [9.17, 15) is 4.79 Å². The van der Waals surface area contributed by atoms with Crippen molar-refractivity contribution in [2.75, 3.05) is 46.5 Å². The average molecular weight is 447 g/mol. The summed E-state index contributed by atoms with van der Waals surface area (Å²) in [4.78, 5) is 17.3. The number of nitrogens with zero attached hydrogens (tertiary/aromatic N) is 2. The maximum absolute atomic E-state index is 13.0. The molecule has 1 amide bonds. The van der Waals surface area contributed by atoms with Gasteiger partial charge in [0.25, 0.3) is 5.91 Å². The number of methoxy groups -OCH3 is 1. The zero-order chi connectivity index (χ0) is 22.2. The van der Waals surface area contributed by atoms with E-state index in [2.05, 4.69) is 17.0 Å². The second kappa shape index (κ2) is 11.3. The van der Waals surface area contributed by atoms with E-state index in [0.29, 0.717) is 48.4 Å². The molecule has 0 saturated carbocycles. The minimum Gasteiger partial charge on any atom is -0.494 e. The van der Waals surface area contributed by atoms with Crippen LogP contribution >= 0.6 is 11.6 Å². The molecule has 0 atom stereocenters. The molecule has 1 saturated heterocycles. The lowest BCUT2D eigenvalue weighted by molar-refractivity contribution is 0.0628. The molecule has 6 nitrogen and oxygen atoms in total. The summed E-state index contributed by atoms with van der Waals surface area (Å²) in [5.41, 5.74) is 1.76. The number of ether oxygens (including phenoxy) is 3. The van der Waals surface area contributed by atoms with E-state index in [1.54, 1.807) is 19.2 Å². The quantitative estimate of drug-likeness (QED) is 0.567. The molecule has 3 rings (SSSR count). The highest BCUT2D eigenvalue weighted by molar-refractivity contribution is 6.32. The van der Waals surface area contributed by atoms with Gasteiger partial charge in [-0.25, -0.2) is 0 Å². The number of hydrogen-bond acceptors (Lipinski definition) is 5. The maximum atomic E-state index is 13.0. The van der Waals surface area contributed by atoms with Gasteiger partial charge in [-0.05, 0) is 43.2 Å². The van der Waals surface area contributed by atoms with Crippen LogP contribution in [-0.4, -0.2) is 62.2 Å². The van der Waals surface area contributed by atoms with E-state index >= 15 is 0 Å². The number of amides is 1. The SMILES string of the molecule is CCCOc1c(Cl)cc(C(=O)N2CCN(Cc3ccc(OCC)cc3)CC2)cc1OC. The Kier molecular flexibility index (Phi) is 8.43. The molecule has 0 bridgehead atoms. The molecule has 0 N–H and O–H groups in total. The first-order valence-electron chi connectivity index (χ1n) is 10.8. The predicted molar refractivity (Wildman–Crippen MR) is 123 cm³/mol. The summed E-state index contributed by atoms with van der Waals surface area (Å²) in [6.07, 6.45) is 0.862. The molecule has 0 aromatic heterocycles. The van der Waals surface area contributed by atoms with Crippen molar-refractivity contribution >= 4 is 17.5 Å². The molecule has 31 heavy (non-hydrogen) atoms. The van der Waals surface area contributed by atoms with E-state index in [4.69, 9.17) is 25.8 Å². The zero-order valence-corrected chi connectivity index (χ0v) is 19.3. The summed E-state index contributed by atoms with van der Waals surface area (Å²) in [6, 6.07) is 11.6. The molecule has 2 aromatic carbocycles. The predicted octanol–water partition coefficient (Wildman–Crippen LogP) is 4.49. The van der Waals surface area contributed by atoms with E-state index in [-0.39, 0.29) is 5.91 Å². The van der Waals surface area contributed by atoms with Crippen LogP contribution in [0.25, 0.3) is 0 Å². The summed E-state index contributed by atoms with van der Waals surface area (Å²) < 4.78 is 16.6. The van der Waals surface area contributed by atoms with Gasteiger partial charge in [-0.1, -0.05) is 30.7 Å². The van der Waals surface area contributed by atoms with Crippen molar-refractivity contribution in [1.82, 2.24) is 9.80 Å². The van der Waals surface area contributed by atoms with Crippen molar-refractivity contribution in [3.8, 4) is 17.2 Å². The highest BCUT2D eigenvalue weighted by Gasteiger charge is 2.24. The second-order valence-corrected chi connectivity index (χ2v) is 7.89. The first kappa shape index (κ1) is 23.2. The fourth-order valence-corrected chi connectivity index (χ4v) is 3.86. The highest BCUT2D eigenvalue weighted by atomic mass is 35.5. The third-order valence-electron chi connectivity index (χ3n) is 5.23. The molecule has 1 aliphatic rings. The molecule has 2 aromatic rings. The normalized spacial score (nSPS) is 14.4. The Morgan fingerprint density at radius 3 is 2.35 bits per heavy atom. The van der Waals surface area contributed by atoms with Gasteiger partial charge in [0.2, 0.25) is 0 Å². The standard InChI is InChI=1S/C24H31ClN2O4/c1-4-14-31-23-21(25)15-19(16-22(23)29-3)24(28)27-12-10-26(11-13-27)17-18-6-8-20(9-7-18)30-5-2/h6-9,15-16H,4-5,10-14,17H2,1-3H3. The van der Waals surface area contributed by atoms with E-state index in [1.807, 2.05) is 30.9 Å². The summed E-state index contributed by atoms with van der Waals surface area (Å²) in [5.74, 6) is 1.83. The molecule has 0 spiro atoms. The number of benzene rings is 2. The van der Waals surface area contributed by atoms with Crippen LogP contribution in [-0.2, 0) is 6.54 Å². The molecule has 0 unspecified atom stereocenters. The van der Waals surface area contributed by atoms with E-state index in [0.717, 1.165) is 31.8 Å². The zero-order valence-electron chi connectivity index (χ0n) is 18.5. The fraction of sp³-hybridized carbons (Fsp3) is 0.458. The van der Waals surface area contributed by atoms with Crippen LogP contribution in [0.5, 0.6) is 17.2 Å².